The van der Waals surface area contributed by atoms with Crippen molar-refractivity contribution in [1.82, 2.24) is 4.90 Å². The summed E-state index contributed by atoms with van der Waals surface area (Å²) in [5.74, 6) is -1.99. The van der Waals surface area contributed by atoms with Gasteiger partial charge in [0.2, 0.25) is 11.8 Å². The summed E-state index contributed by atoms with van der Waals surface area (Å²) in [6, 6.07) is 24.8. The van der Waals surface area contributed by atoms with Crippen molar-refractivity contribution in [2.24, 2.45) is 17.8 Å². The maximum absolute atomic E-state index is 14.4. The average Bonchev–Trinajstić information content (AvgIpc) is 3.44. The van der Waals surface area contributed by atoms with E-state index in [0.717, 1.165) is 77.6 Å². The Morgan fingerprint density at radius 3 is 2.04 bits per heavy atom. The summed E-state index contributed by atoms with van der Waals surface area (Å²) in [7, 11) is -3.01. The molecule has 3 N–H and O–H groups in total. The molecule has 3 aliphatic rings. The summed E-state index contributed by atoms with van der Waals surface area (Å²) >= 11 is 0. The molecule has 1 heterocycles. The summed E-state index contributed by atoms with van der Waals surface area (Å²) < 4.78 is 7.45. The number of imide groups is 1. The SMILES string of the molecule is CCC/C(=C\c1cc(C)c(O)c(C)c1)CC[C@@H](O)C1=C(CO[Si](c2ccccc2)(c2ccccc2)C(C)(C)C)C[C@H]2C(=O)N(C3CCCCC3)C(=O)[C@H]2[C@H]1CO. The normalized spacial score (nSPS) is 21.8. The van der Waals surface area contributed by atoms with E-state index in [2.05, 4.69) is 82.3 Å². The molecule has 1 aliphatic heterocycles. The van der Waals surface area contributed by atoms with Gasteiger partial charge in [0.25, 0.3) is 8.32 Å². The number of aliphatic hydroxyl groups excluding tert-OH is 2. The van der Waals surface area contributed by atoms with Gasteiger partial charge in [-0.25, -0.2) is 0 Å². The second-order valence-corrected chi connectivity index (χ2v) is 21.9. The van der Waals surface area contributed by atoms with E-state index in [1.165, 1.54) is 5.57 Å². The average molecular weight is 778 g/mol. The van der Waals surface area contributed by atoms with Gasteiger partial charge >= 0.3 is 0 Å². The number of hydrogen-bond donors (Lipinski definition) is 3. The summed E-state index contributed by atoms with van der Waals surface area (Å²) in [5, 5.41) is 36.0. The largest absolute Gasteiger partial charge is 0.507 e. The van der Waals surface area contributed by atoms with Crippen LogP contribution in [0.5, 0.6) is 5.75 Å². The number of rotatable bonds is 14. The Morgan fingerprint density at radius 2 is 1.50 bits per heavy atom. The number of carbonyl (C=O) groups is 2. The fraction of sp³-hybridized carbons (Fsp3) is 0.500. The third-order valence-corrected chi connectivity index (χ3v) is 17.8. The molecule has 0 radical (unpaired) electrons. The Balaban J connectivity index is 1.41. The molecule has 6 rings (SSSR count). The molecule has 1 saturated carbocycles. The Hall–Kier alpha value is -3.82. The van der Waals surface area contributed by atoms with Gasteiger partial charge in [0.1, 0.15) is 5.75 Å². The van der Waals surface area contributed by atoms with Gasteiger partial charge < -0.3 is 19.7 Å². The topological polar surface area (TPSA) is 107 Å². The van der Waals surface area contributed by atoms with Crippen molar-refractivity contribution in [1.29, 1.82) is 0 Å². The fourth-order valence-corrected chi connectivity index (χ4v) is 14.7. The molecule has 4 atom stereocenters. The minimum Gasteiger partial charge on any atom is -0.507 e. The van der Waals surface area contributed by atoms with Gasteiger partial charge in [-0.2, -0.15) is 0 Å². The van der Waals surface area contributed by atoms with Crippen molar-refractivity contribution >= 4 is 36.6 Å². The predicted octanol–water partition coefficient (Wildman–Crippen LogP) is 8.15. The zero-order valence-electron chi connectivity index (χ0n) is 34.4. The molecule has 2 amide bonds. The number of phenolic OH excluding ortho intramolecular Hbond substituents is 1. The fourth-order valence-electron chi connectivity index (χ4n) is 10.1. The van der Waals surface area contributed by atoms with Crippen LogP contribution >= 0.6 is 0 Å². The first-order valence-corrected chi connectivity index (χ1v) is 22.9. The molecule has 0 aromatic heterocycles. The highest BCUT2D eigenvalue weighted by Gasteiger charge is 2.57. The number of carbonyl (C=O) groups excluding carboxylic acids is 2. The third-order valence-electron chi connectivity index (χ3n) is 12.8. The zero-order valence-corrected chi connectivity index (χ0v) is 35.4. The van der Waals surface area contributed by atoms with E-state index in [0.29, 0.717) is 30.6 Å². The smallest absolute Gasteiger partial charge is 0.261 e. The van der Waals surface area contributed by atoms with Crippen LogP contribution in [-0.4, -0.2) is 65.7 Å². The van der Waals surface area contributed by atoms with Gasteiger partial charge in [-0.1, -0.05) is 126 Å². The van der Waals surface area contributed by atoms with E-state index in [4.69, 9.17) is 4.43 Å². The van der Waals surface area contributed by atoms with Crippen LogP contribution in [0.15, 0.2) is 89.5 Å². The molecule has 2 fully saturated rings. The molecule has 300 valence electrons. The van der Waals surface area contributed by atoms with Gasteiger partial charge in [-0.05, 0) is 108 Å². The maximum atomic E-state index is 14.4. The van der Waals surface area contributed by atoms with Gasteiger partial charge in [0, 0.05) is 12.0 Å². The minimum atomic E-state index is -3.01. The Kier molecular flexibility index (Phi) is 13.3. The van der Waals surface area contributed by atoms with E-state index < -0.39 is 32.2 Å². The Morgan fingerprint density at radius 1 is 0.911 bits per heavy atom. The molecular formula is C48H63NO6Si. The van der Waals surface area contributed by atoms with E-state index in [9.17, 15) is 24.9 Å². The number of fused-ring (bicyclic) bond motifs is 1. The van der Waals surface area contributed by atoms with Crippen molar-refractivity contribution in [2.75, 3.05) is 13.2 Å². The summed E-state index contributed by atoms with van der Waals surface area (Å²) in [5.41, 5.74) is 5.35. The molecule has 7 nitrogen and oxygen atoms in total. The number of benzene rings is 3. The molecule has 8 heteroatoms. The molecule has 2 aliphatic carbocycles. The van der Waals surface area contributed by atoms with Crippen LogP contribution in [0.25, 0.3) is 6.08 Å². The Bertz CT molecular complexity index is 1850. The van der Waals surface area contributed by atoms with Crippen molar-refractivity contribution in [2.45, 2.75) is 123 Å². The highest BCUT2D eigenvalue weighted by molar-refractivity contribution is 6.99. The first kappa shape index (κ1) is 41.8. The van der Waals surface area contributed by atoms with Crippen molar-refractivity contribution in [3.8, 4) is 5.75 Å². The number of phenols is 1. The predicted molar refractivity (Wildman–Crippen MR) is 227 cm³/mol. The minimum absolute atomic E-state index is 0.104. The number of allylic oxidation sites excluding steroid dienone is 1. The monoisotopic (exact) mass is 777 g/mol. The van der Waals surface area contributed by atoms with Gasteiger partial charge in [-0.15, -0.1) is 0 Å². The number of aliphatic hydroxyl groups is 2. The standard InChI is InChI=1S/C48H63NO6Si/c1-7-17-34(28-35-26-32(2)45(52)33(3)27-35)24-25-42(51)43-36(29-40-44(41(43)30-50)47(54)49(46(40)53)37-18-11-8-12-19-37)31-55-56(48(4,5)6,38-20-13-9-14-21-38)39-22-15-10-16-23-39/h9-10,13-16,20-23,26-28,37,40-42,44,50-52H,7-8,11-12,17-19,24-25,29-31H2,1-6H3/b34-28+/t40-,41+,42-,44-/m1/s1. The second-order valence-electron chi connectivity index (χ2n) is 17.6. The van der Waals surface area contributed by atoms with Crippen molar-refractivity contribution in [3.63, 3.8) is 0 Å². The zero-order chi connectivity index (χ0) is 40.2. The molecule has 3 aromatic carbocycles. The lowest BCUT2D eigenvalue weighted by molar-refractivity contribution is -0.143. The molecule has 1 saturated heterocycles. The second kappa shape index (κ2) is 17.8. The number of amides is 2. The summed E-state index contributed by atoms with van der Waals surface area (Å²) in [4.78, 5) is 30.3. The number of aryl methyl sites for hydroxylation is 2. The van der Waals surface area contributed by atoms with Crippen LogP contribution in [0, 0.1) is 31.6 Å². The number of hydrogen-bond acceptors (Lipinski definition) is 6. The van der Waals surface area contributed by atoms with E-state index >= 15 is 0 Å². The third kappa shape index (κ3) is 8.26. The molecule has 0 spiro atoms. The van der Waals surface area contributed by atoms with Crippen molar-refractivity contribution < 1.29 is 29.3 Å². The molecular weight excluding hydrogens is 715 g/mol. The number of nitrogens with zero attached hydrogens (tertiary/aromatic N) is 1. The van der Waals surface area contributed by atoms with Crippen LogP contribution in [0.3, 0.4) is 0 Å². The molecule has 0 unspecified atom stereocenters. The van der Waals surface area contributed by atoms with E-state index in [1.807, 2.05) is 38.1 Å². The molecule has 56 heavy (non-hydrogen) atoms. The lowest BCUT2D eigenvalue weighted by Gasteiger charge is -2.44. The lowest BCUT2D eigenvalue weighted by atomic mass is 9.68. The van der Waals surface area contributed by atoms with Gasteiger partial charge in [0.15, 0.2) is 0 Å². The quantitative estimate of drug-likeness (QED) is 0.0867. The van der Waals surface area contributed by atoms with E-state index in [1.54, 1.807) is 4.90 Å². The summed E-state index contributed by atoms with van der Waals surface area (Å²) in [6.07, 6.45) is 9.11. The first-order chi connectivity index (χ1) is 26.8. The van der Waals surface area contributed by atoms with E-state index in [-0.39, 0.29) is 36.1 Å². The number of likely N-dealkylation sites (tertiary alicyclic amines) is 1. The highest BCUT2D eigenvalue weighted by Crippen LogP contribution is 2.48. The van der Waals surface area contributed by atoms with Gasteiger partial charge in [0.05, 0.1) is 31.2 Å². The first-order valence-electron chi connectivity index (χ1n) is 20.9. The highest BCUT2D eigenvalue weighted by atomic mass is 28.4. The summed E-state index contributed by atoms with van der Waals surface area (Å²) in [6.45, 7) is 12.5. The van der Waals surface area contributed by atoms with Gasteiger partial charge in [-0.3, -0.25) is 14.5 Å². The molecule has 3 aromatic rings. The Labute approximate surface area is 335 Å². The lowest BCUT2D eigenvalue weighted by Crippen LogP contribution is -2.66. The molecule has 0 bridgehead atoms. The van der Waals surface area contributed by atoms with Crippen LogP contribution in [-0.2, 0) is 14.0 Å². The number of aromatic hydroxyl groups is 1. The van der Waals surface area contributed by atoms with Crippen molar-refractivity contribution in [3.05, 3.63) is 106 Å². The van der Waals surface area contributed by atoms with Crippen LogP contribution < -0.4 is 10.4 Å². The van der Waals surface area contributed by atoms with Crippen LogP contribution in [0.4, 0.5) is 0 Å². The van der Waals surface area contributed by atoms with Crippen LogP contribution in [0.1, 0.15) is 109 Å². The maximum Gasteiger partial charge on any atom is 0.261 e. The van der Waals surface area contributed by atoms with Crippen LogP contribution in [0.2, 0.25) is 5.04 Å².